The van der Waals surface area contributed by atoms with Gasteiger partial charge < -0.3 is 19.8 Å². The molecule has 7 heteroatoms. The second-order valence-electron chi connectivity index (χ2n) is 4.43. The van der Waals surface area contributed by atoms with Crippen LogP contribution in [0.15, 0.2) is 36.5 Å². The fourth-order valence-corrected chi connectivity index (χ4v) is 2.04. The van der Waals surface area contributed by atoms with Crippen LogP contribution in [-0.4, -0.2) is 35.1 Å². The van der Waals surface area contributed by atoms with Gasteiger partial charge in [-0.2, -0.15) is 4.98 Å². The fourth-order valence-electron chi connectivity index (χ4n) is 2.04. The van der Waals surface area contributed by atoms with Gasteiger partial charge in [-0.15, -0.1) is 0 Å². The highest BCUT2D eigenvalue weighted by molar-refractivity contribution is 5.92. The molecule has 3 aromatic rings. The molecule has 0 atom stereocenters. The molecule has 3 rings (SSSR count). The lowest BCUT2D eigenvalue weighted by Gasteiger charge is -2.10. The molecule has 7 nitrogen and oxygen atoms in total. The van der Waals surface area contributed by atoms with Crippen molar-refractivity contribution >= 4 is 23.0 Å². The summed E-state index contributed by atoms with van der Waals surface area (Å²) in [7, 11) is 3.05. The van der Waals surface area contributed by atoms with Gasteiger partial charge in [0.25, 0.3) is 0 Å². The third-order valence-corrected chi connectivity index (χ3v) is 3.10. The van der Waals surface area contributed by atoms with Gasteiger partial charge in [0.15, 0.2) is 0 Å². The molecule has 0 fully saturated rings. The average molecular weight is 298 g/mol. The summed E-state index contributed by atoms with van der Waals surface area (Å²) < 4.78 is 10.6. The Balaban J connectivity index is 2.07. The summed E-state index contributed by atoms with van der Waals surface area (Å²) in [5, 5.41) is 2.88. The summed E-state index contributed by atoms with van der Waals surface area (Å²) in [6.07, 6.45) is 1.75. The molecule has 2 aromatic heterocycles. The number of rotatable bonds is 4. The molecule has 112 valence electrons. The predicted molar refractivity (Wildman–Crippen MR) is 81.3 cm³/mol. The Morgan fingerprint density at radius 2 is 2.05 bits per heavy atom. The van der Waals surface area contributed by atoms with E-state index in [0.717, 1.165) is 0 Å². The largest absolute Gasteiger partial charge is 0.465 e. The SMILES string of the molecule is CNc1nc(Oc2ccccc2C(=O)OC)c2[nH]ccc2n1. The number of aromatic amines is 1. The molecule has 2 N–H and O–H groups in total. The number of nitrogens with one attached hydrogen (secondary N) is 2. The van der Waals surface area contributed by atoms with Crippen LogP contribution in [0.3, 0.4) is 0 Å². The van der Waals surface area contributed by atoms with Crippen molar-refractivity contribution in [2.45, 2.75) is 0 Å². The van der Waals surface area contributed by atoms with Gasteiger partial charge in [0.2, 0.25) is 11.8 Å². The van der Waals surface area contributed by atoms with Crippen molar-refractivity contribution in [2.24, 2.45) is 0 Å². The number of H-pyrrole nitrogens is 1. The lowest BCUT2D eigenvalue weighted by molar-refractivity contribution is 0.0598. The van der Waals surface area contributed by atoms with Crippen molar-refractivity contribution in [3.63, 3.8) is 0 Å². The number of fused-ring (bicyclic) bond motifs is 1. The van der Waals surface area contributed by atoms with Crippen molar-refractivity contribution in [1.29, 1.82) is 0 Å². The van der Waals surface area contributed by atoms with Crippen LogP contribution in [-0.2, 0) is 4.74 Å². The second kappa shape index (κ2) is 5.72. The summed E-state index contributed by atoms with van der Waals surface area (Å²) in [6, 6.07) is 8.64. The van der Waals surface area contributed by atoms with Crippen LogP contribution in [0.1, 0.15) is 10.4 Å². The molecular formula is C15H14N4O3. The molecule has 0 saturated carbocycles. The Labute approximate surface area is 126 Å². The standard InChI is InChI=1S/C15H14N4O3/c1-16-15-18-10-7-8-17-12(10)13(19-15)22-11-6-4-3-5-9(11)14(20)21-2/h3-8,17H,1-2H3,(H,16,18,19). The fraction of sp³-hybridized carbons (Fsp3) is 0.133. The molecular weight excluding hydrogens is 284 g/mol. The molecule has 0 radical (unpaired) electrons. The average Bonchev–Trinajstić information content (AvgIpc) is 3.03. The van der Waals surface area contributed by atoms with Crippen LogP contribution in [0.2, 0.25) is 0 Å². The molecule has 0 aliphatic rings. The molecule has 0 aliphatic heterocycles. The Morgan fingerprint density at radius 1 is 1.23 bits per heavy atom. The highest BCUT2D eigenvalue weighted by Crippen LogP contribution is 2.29. The monoisotopic (exact) mass is 298 g/mol. The zero-order valence-electron chi connectivity index (χ0n) is 12.1. The molecule has 0 saturated heterocycles. The van der Waals surface area contributed by atoms with Crippen molar-refractivity contribution in [1.82, 2.24) is 15.0 Å². The van der Waals surface area contributed by atoms with E-state index >= 15 is 0 Å². The lowest BCUT2D eigenvalue weighted by Crippen LogP contribution is -2.05. The topological polar surface area (TPSA) is 89.1 Å². The molecule has 1 aromatic carbocycles. The normalized spacial score (nSPS) is 10.5. The zero-order valence-corrected chi connectivity index (χ0v) is 12.1. The van der Waals surface area contributed by atoms with Crippen molar-refractivity contribution < 1.29 is 14.3 Å². The first kappa shape index (κ1) is 13.9. The molecule has 0 unspecified atom stereocenters. The second-order valence-corrected chi connectivity index (χ2v) is 4.43. The summed E-state index contributed by atoms with van der Waals surface area (Å²) in [5.41, 5.74) is 1.69. The maximum Gasteiger partial charge on any atom is 0.341 e. The van der Waals surface area contributed by atoms with Gasteiger partial charge in [-0.3, -0.25) is 0 Å². The van der Waals surface area contributed by atoms with E-state index in [9.17, 15) is 4.79 Å². The van der Waals surface area contributed by atoms with E-state index in [1.807, 2.05) is 6.07 Å². The number of aromatic nitrogens is 3. The number of ether oxygens (including phenoxy) is 2. The number of esters is 1. The molecule has 0 spiro atoms. The van der Waals surface area contributed by atoms with Gasteiger partial charge in [0.1, 0.15) is 16.8 Å². The number of methoxy groups -OCH3 is 1. The number of hydrogen-bond donors (Lipinski definition) is 2. The van der Waals surface area contributed by atoms with E-state index in [2.05, 4.69) is 20.3 Å². The van der Waals surface area contributed by atoms with Crippen molar-refractivity contribution in [3.05, 3.63) is 42.1 Å². The van der Waals surface area contributed by atoms with Gasteiger partial charge in [0, 0.05) is 13.2 Å². The minimum Gasteiger partial charge on any atom is -0.465 e. The van der Waals surface area contributed by atoms with Gasteiger partial charge in [0.05, 0.1) is 12.6 Å². The van der Waals surface area contributed by atoms with Crippen molar-refractivity contribution in [3.8, 4) is 11.6 Å². The highest BCUT2D eigenvalue weighted by Gasteiger charge is 2.16. The molecule has 22 heavy (non-hydrogen) atoms. The first-order valence-electron chi connectivity index (χ1n) is 6.61. The summed E-state index contributed by atoms with van der Waals surface area (Å²) >= 11 is 0. The first-order valence-corrected chi connectivity index (χ1v) is 6.61. The maximum atomic E-state index is 11.8. The number of benzene rings is 1. The zero-order chi connectivity index (χ0) is 15.5. The van der Waals surface area contributed by atoms with Crippen LogP contribution in [0.25, 0.3) is 11.0 Å². The highest BCUT2D eigenvalue weighted by atomic mass is 16.5. The molecule has 0 amide bonds. The van der Waals surface area contributed by atoms with Crippen LogP contribution >= 0.6 is 0 Å². The quantitative estimate of drug-likeness (QED) is 0.720. The van der Waals surface area contributed by atoms with Crippen LogP contribution in [0.5, 0.6) is 11.6 Å². The molecule has 2 heterocycles. The summed E-state index contributed by atoms with van der Waals surface area (Å²) in [5.74, 6) is 0.653. The van der Waals surface area contributed by atoms with Gasteiger partial charge in [-0.05, 0) is 18.2 Å². The predicted octanol–water partition coefficient (Wildman–Crippen LogP) is 2.58. The summed E-state index contributed by atoms with van der Waals surface area (Å²) in [4.78, 5) is 23.4. The number of anilines is 1. The Hall–Kier alpha value is -3.09. The number of carbonyl (C=O) groups is 1. The van der Waals surface area contributed by atoms with E-state index in [4.69, 9.17) is 9.47 Å². The van der Waals surface area contributed by atoms with Gasteiger partial charge >= 0.3 is 5.97 Å². The molecule has 0 aliphatic carbocycles. The Morgan fingerprint density at radius 3 is 2.82 bits per heavy atom. The molecule has 0 bridgehead atoms. The number of nitrogens with zero attached hydrogens (tertiary/aromatic N) is 2. The Bertz CT molecular complexity index is 829. The van der Waals surface area contributed by atoms with E-state index in [-0.39, 0.29) is 0 Å². The van der Waals surface area contributed by atoms with Crippen LogP contribution in [0.4, 0.5) is 5.95 Å². The Kier molecular flexibility index (Phi) is 3.61. The van der Waals surface area contributed by atoms with Crippen molar-refractivity contribution in [2.75, 3.05) is 19.5 Å². The smallest absolute Gasteiger partial charge is 0.341 e. The third-order valence-electron chi connectivity index (χ3n) is 3.10. The number of para-hydroxylation sites is 1. The summed E-state index contributed by atoms with van der Waals surface area (Å²) in [6.45, 7) is 0. The van der Waals surface area contributed by atoms with E-state index < -0.39 is 5.97 Å². The van der Waals surface area contributed by atoms with Crippen LogP contribution in [0, 0.1) is 0 Å². The number of hydrogen-bond acceptors (Lipinski definition) is 6. The first-order chi connectivity index (χ1) is 10.7. The minimum absolute atomic E-state index is 0.328. The van der Waals surface area contributed by atoms with E-state index in [1.54, 1.807) is 37.5 Å². The van der Waals surface area contributed by atoms with Gasteiger partial charge in [-0.1, -0.05) is 12.1 Å². The maximum absolute atomic E-state index is 11.8. The number of carbonyl (C=O) groups excluding carboxylic acids is 1. The third kappa shape index (κ3) is 2.44. The van der Waals surface area contributed by atoms with Gasteiger partial charge in [-0.25, -0.2) is 9.78 Å². The minimum atomic E-state index is -0.471. The van der Waals surface area contributed by atoms with Crippen LogP contribution < -0.4 is 10.1 Å². The lowest BCUT2D eigenvalue weighted by atomic mass is 10.2. The van der Waals surface area contributed by atoms with E-state index in [1.165, 1.54) is 7.11 Å². The van der Waals surface area contributed by atoms with E-state index in [0.29, 0.717) is 34.2 Å².